The van der Waals surface area contributed by atoms with Crippen molar-refractivity contribution in [1.82, 2.24) is 10.2 Å². The van der Waals surface area contributed by atoms with Crippen LogP contribution in [0.15, 0.2) is 24.3 Å². The Bertz CT molecular complexity index is 478. The van der Waals surface area contributed by atoms with E-state index in [2.05, 4.69) is 5.32 Å². The van der Waals surface area contributed by atoms with Crippen molar-refractivity contribution in [2.45, 2.75) is 12.6 Å². The topological polar surface area (TPSA) is 69.6 Å². The van der Waals surface area contributed by atoms with Crippen LogP contribution in [0.4, 0.5) is 4.39 Å². The minimum Gasteiger partial charge on any atom is -0.480 e. The van der Waals surface area contributed by atoms with E-state index < -0.39 is 12.0 Å². The third-order valence-electron chi connectivity index (χ3n) is 2.84. The Morgan fingerprint density at radius 2 is 2.33 bits per heavy atom. The minimum absolute atomic E-state index is 0.00742. The van der Waals surface area contributed by atoms with Crippen LogP contribution in [0.25, 0.3) is 0 Å². The maximum atomic E-state index is 13.0. The number of carboxylic acids is 1. The number of carbonyl (C=O) groups excluding carboxylic acids is 1. The zero-order chi connectivity index (χ0) is 13.1. The van der Waals surface area contributed by atoms with Crippen LogP contribution in [0, 0.1) is 5.82 Å². The maximum absolute atomic E-state index is 13.0. The molecule has 0 saturated carbocycles. The average molecular weight is 252 g/mol. The van der Waals surface area contributed by atoms with Crippen molar-refractivity contribution in [2.24, 2.45) is 0 Å². The van der Waals surface area contributed by atoms with Gasteiger partial charge in [-0.05, 0) is 17.7 Å². The zero-order valence-electron chi connectivity index (χ0n) is 9.60. The number of nitrogens with one attached hydrogen (secondary N) is 1. The molecule has 0 spiro atoms. The first-order chi connectivity index (χ1) is 8.56. The Balaban J connectivity index is 2.13. The molecule has 1 heterocycles. The van der Waals surface area contributed by atoms with Crippen molar-refractivity contribution in [3.05, 3.63) is 35.6 Å². The van der Waals surface area contributed by atoms with Crippen molar-refractivity contribution in [2.75, 3.05) is 13.1 Å². The van der Waals surface area contributed by atoms with Crippen LogP contribution in [0.1, 0.15) is 5.56 Å². The molecule has 1 aliphatic heterocycles. The molecule has 1 aliphatic rings. The van der Waals surface area contributed by atoms with E-state index in [1.54, 1.807) is 12.1 Å². The molecule has 0 aromatic heterocycles. The van der Waals surface area contributed by atoms with Gasteiger partial charge in [0.2, 0.25) is 5.91 Å². The molecule has 1 amide bonds. The molecule has 96 valence electrons. The summed E-state index contributed by atoms with van der Waals surface area (Å²) in [5.74, 6) is -1.59. The highest BCUT2D eigenvalue weighted by atomic mass is 19.1. The number of nitrogens with zero attached hydrogens (tertiary/aromatic N) is 1. The van der Waals surface area contributed by atoms with Crippen LogP contribution >= 0.6 is 0 Å². The first-order valence-corrected chi connectivity index (χ1v) is 5.54. The van der Waals surface area contributed by atoms with Gasteiger partial charge in [0, 0.05) is 13.1 Å². The van der Waals surface area contributed by atoms with E-state index >= 15 is 0 Å². The summed E-state index contributed by atoms with van der Waals surface area (Å²) in [7, 11) is 0. The molecule has 0 radical (unpaired) electrons. The summed E-state index contributed by atoms with van der Waals surface area (Å²) in [5.41, 5.74) is 0.649. The molecule has 5 nitrogen and oxygen atoms in total. The molecule has 0 aliphatic carbocycles. The third kappa shape index (κ3) is 2.84. The number of benzene rings is 1. The lowest BCUT2D eigenvalue weighted by Gasteiger charge is -2.32. The monoisotopic (exact) mass is 252 g/mol. The van der Waals surface area contributed by atoms with E-state index in [1.165, 1.54) is 17.0 Å². The molecule has 1 unspecified atom stereocenters. The van der Waals surface area contributed by atoms with E-state index in [-0.39, 0.29) is 31.4 Å². The summed E-state index contributed by atoms with van der Waals surface area (Å²) in [6.07, 6.45) is 0. The molecule has 1 aromatic rings. The van der Waals surface area contributed by atoms with Crippen molar-refractivity contribution in [3.8, 4) is 0 Å². The summed E-state index contributed by atoms with van der Waals surface area (Å²) < 4.78 is 13.0. The SMILES string of the molecule is O=C1CN(Cc2cccc(F)c2)C(C(=O)O)CN1. The lowest BCUT2D eigenvalue weighted by molar-refractivity contribution is -0.146. The fraction of sp³-hybridized carbons (Fsp3) is 0.333. The van der Waals surface area contributed by atoms with Gasteiger partial charge in [-0.3, -0.25) is 14.5 Å². The Morgan fingerprint density at radius 3 is 3.00 bits per heavy atom. The molecule has 2 N–H and O–H groups in total. The van der Waals surface area contributed by atoms with Crippen molar-refractivity contribution in [3.63, 3.8) is 0 Å². The summed E-state index contributed by atoms with van der Waals surface area (Å²) >= 11 is 0. The fourth-order valence-electron chi connectivity index (χ4n) is 1.97. The van der Waals surface area contributed by atoms with Gasteiger partial charge in [-0.2, -0.15) is 0 Å². The highest BCUT2D eigenvalue weighted by Gasteiger charge is 2.31. The molecule has 1 atom stereocenters. The molecule has 0 bridgehead atoms. The maximum Gasteiger partial charge on any atom is 0.322 e. The average Bonchev–Trinajstić information content (AvgIpc) is 2.28. The highest BCUT2D eigenvalue weighted by molar-refractivity contribution is 5.83. The van der Waals surface area contributed by atoms with E-state index in [9.17, 15) is 14.0 Å². The second-order valence-electron chi connectivity index (χ2n) is 4.19. The van der Waals surface area contributed by atoms with Crippen LogP contribution in [-0.2, 0) is 16.1 Å². The number of aliphatic carboxylic acids is 1. The quantitative estimate of drug-likeness (QED) is 0.807. The lowest BCUT2D eigenvalue weighted by atomic mass is 10.1. The van der Waals surface area contributed by atoms with Crippen LogP contribution in [0.5, 0.6) is 0 Å². The zero-order valence-corrected chi connectivity index (χ0v) is 9.60. The van der Waals surface area contributed by atoms with Crippen molar-refractivity contribution < 1.29 is 19.1 Å². The first kappa shape index (κ1) is 12.5. The van der Waals surface area contributed by atoms with Gasteiger partial charge in [-0.1, -0.05) is 12.1 Å². The molecule has 1 saturated heterocycles. The van der Waals surface area contributed by atoms with E-state index in [1.807, 2.05) is 0 Å². The Hall–Kier alpha value is -1.95. The van der Waals surface area contributed by atoms with Crippen molar-refractivity contribution >= 4 is 11.9 Å². The minimum atomic E-state index is -0.994. The van der Waals surface area contributed by atoms with Crippen LogP contribution < -0.4 is 5.32 Å². The summed E-state index contributed by atoms with van der Waals surface area (Å²) in [6.45, 7) is 0.319. The fourth-order valence-corrected chi connectivity index (χ4v) is 1.97. The third-order valence-corrected chi connectivity index (χ3v) is 2.84. The molecule has 18 heavy (non-hydrogen) atoms. The Kier molecular flexibility index (Phi) is 3.57. The Morgan fingerprint density at radius 1 is 1.56 bits per heavy atom. The van der Waals surface area contributed by atoms with Gasteiger partial charge in [-0.25, -0.2) is 4.39 Å². The second-order valence-corrected chi connectivity index (χ2v) is 4.19. The number of halogens is 1. The number of amides is 1. The van der Waals surface area contributed by atoms with Crippen LogP contribution in [0.2, 0.25) is 0 Å². The van der Waals surface area contributed by atoms with Crippen LogP contribution in [-0.4, -0.2) is 41.0 Å². The van der Waals surface area contributed by atoms with Gasteiger partial charge in [0.05, 0.1) is 6.54 Å². The Labute approximate surface area is 103 Å². The standard InChI is InChI=1S/C12H13FN2O3/c13-9-3-1-2-8(4-9)6-15-7-11(16)14-5-10(15)12(17)18/h1-4,10H,5-7H2,(H,14,16)(H,17,18). The van der Waals surface area contributed by atoms with Crippen molar-refractivity contribution in [1.29, 1.82) is 0 Å². The number of hydrogen-bond donors (Lipinski definition) is 2. The number of carbonyl (C=O) groups is 2. The van der Waals surface area contributed by atoms with Gasteiger partial charge >= 0.3 is 5.97 Å². The van der Waals surface area contributed by atoms with E-state index in [0.717, 1.165) is 0 Å². The number of carboxylic acid groups (broad SMARTS) is 1. The van der Waals surface area contributed by atoms with E-state index in [4.69, 9.17) is 5.11 Å². The predicted molar refractivity (Wildman–Crippen MR) is 61.2 cm³/mol. The smallest absolute Gasteiger partial charge is 0.322 e. The summed E-state index contributed by atoms with van der Waals surface area (Å²) in [5, 5.41) is 11.6. The summed E-state index contributed by atoms with van der Waals surface area (Å²) in [4.78, 5) is 23.9. The van der Waals surface area contributed by atoms with E-state index in [0.29, 0.717) is 5.56 Å². The van der Waals surface area contributed by atoms with Gasteiger partial charge in [0.15, 0.2) is 0 Å². The van der Waals surface area contributed by atoms with Gasteiger partial charge in [-0.15, -0.1) is 0 Å². The molecular weight excluding hydrogens is 239 g/mol. The highest BCUT2D eigenvalue weighted by Crippen LogP contribution is 2.12. The molecular formula is C12H13FN2O3. The predicted octanol–water partition coefficient (Wildman–Crippen LogP) is 0.211. The molecule has 6 heteroatoms. The van der Waals surface area contributed by atoms with Gasteiger partial charge in [0.25, 0.3) is 0 Å². The lowest BCUT2D eigenvalue weighted by Crippen LogP contribution is -2.56. The number of hydrogen-bond acceptors (Lipinski definition) is 3. The first-order valence-electron chi connectivity index (χ1n) is 5.54. The number of rotatable bonds is 3. The molecule has 1 fully saturated rings. The molecule has 2 rings (SSSR count). The van der Waals surface area contributed by atoms with Crippen LogP contribution in [0.3, 0.4) is 0 Å². The van der Waals surface area contributed by atoms with Gasteiger partial charge in [0.1, 0.15) is 11.9 Å². The number of piperazine rings is 1. The van der Waals surface area contributed by atoms with Gasteiger partial charge < -0.3 is 10.4 Å². The second kappa shape index (κ2) is 5.14. The molecule has 1 aromatic carbocycles. The largest absolute Gasteiger partial charge is 0.480 e. The summed E-state index contributed by atoms with van der Waals surface area (Å²) in [6, 6.07) is 5.15. The normalized spacial score (nSPS) is 20.5.